The average Bonchev–Trinajstić information content (AvgIpc) is 1.82. The Balaban J connectivity index is 3.43. The van der Waals surface area contributed by atoms with Crippen LogP contribution in [0, 0.1) is 0 Å². The van der Waals surface area contributed by atoms with Gasteiger partial charge < -0.3 is 10.4 Å². The summed E-state index contributed by atoms with van der Waals surface area (Å²) >= 11 is 0. The van der Waals surface area contributed by atoms with Gasteiger partial charge in [0.2, 0.25) is 0 Å². The molecule has 0 aromatic heterocycles. The second-order valence-electron chi connectivity index (χ2n) is 1.99. The Morgan fingerprint density at radius 2 is 2.33 bits per heavy atom. The van der Waals surface area contributed by atoms with E-state index in [1.807, 2.05) is 6.92 Å². The van der Waals surface area contributed by atoms with Gasteiger partial charge in [0.05, 0.1) is 6.42 Å². The largest absolute Gasteiger partial charge is 0.481 e. The predicted octanol–water partition coefficient (Wildman–Crippen LogP) is 0.459. The summed E-state index contributed by atoms with van der Waals surface area (Å²) in [6.07, 6.45) is 1.08. The van der Waals surface area contributed by atoms with Crippen molar-refractivity contribution in [1.82, 2.24) is 5.32 Å². The van der Waals surface area contributed by atoms with E-state index >= 15 is 0 Å². The van der Waals surface area contributed by atoms with Crippen molar-refractivity contribution in [3.8, 4) is 0 Å². The summed E-state index contributed by atoms with van der Waals surface area (Å²) in [6.45, 7) is 1.96. The molecule has 2 N–H and O–H groups in total. The standard InChI is InChI=1S/C6H13NO2/c1-3-5(7-2)4-6(8)9/h5,7H,3-4H2,1-2H3,(H,8,9). The van der Waals surface area contributed by atoms with E-state index in [0.29, 0.717) is 0 Å². The number of hydrogen-bond acceptors (Lipinski definition) is 2. The lowest BCUT2D eigenvalue weighted by atomic mass is 10.1. The summed E-state index contributed by atoms with van der Waals surface area (Å²) in [7, 11) is 1.77. The Kier molecular flexibility index (Phi) is 4.05. The van der Waals surface area contributed by atoms with Crippen molar-refractivity contribution in [2.45, 2.75) is 25.8 Å². The van der Waals surface area contributed by atoms with E-state index in [-0.39, 0.29) is 12.5 Å². The Morgan fingerprint density at radius 1 is 1.78 bits per heavy atom. The molecule has 0 spiro atoms. The molecule has 0 aromatic carbocycles. The second kappa shape index (κ2) is 4.32. The Bertz CT molecular complexity index is 89.1. The van der Waals surface area contributed by atoms with Crippen molar-refractivity contribution in [2.75, 3.05) is 7.05 Å². The highest BCUT2D eigenvalue weighted by molar-refractivity contribution is 5.67. The lowest BCUT2D eigenvalue weighted by Gasteiger charge is -2.08. The molecule has 0 fully saturated rings. The number of rotatable bonds is 4. The minimum absolute atomic E-state index is 0.127. The summed E-state index contributed by atoms with van der Waals surface area (Å²) in [5.74, 6) is -0.740. The van der Waals surface area contributed by atoms with Crippen LogP contribution in [0.3, 0.4) is 0 Å². The van der Waals surface area contributed by atoms with Crippen molar-refractivity contribution in [2.24, 2.45) is 0 Å². The van der Waals surface area contributed by atoms with Crippen LogP contribution in [0.25, 0.3) is 0 Å². The number of nitrogens with one attached hydrogen (secondary N) is 1. The molecule has 1 unspecified atom stereocenters. The fourth-order valence-corrected chi connectivity index (χ4v) is 0.661. The van der Waals surface area contributed by atoms with Gasteiger partial charge in [-0.25, -0.2) is 0 Å². The summed E-state index contributed by atoms with van der Waals surface area (Å²) < 4.78 is 0. The van der Waals surface area contributed by atoms with E-state index in [9.17, 15) is 4.79 Å². The van der Waals surface area contributed by atoms with Crippen LogP contribution in [0.2, 0.25) is 0 Å². The molecule has 0 heterocycles. The van der Waals surface area contributed by atoms with Gasteiger partial charge in [-0.15, -0.1) is 0 Å². The first-order valence-corrected chi connectivity index (χ1v) is 3.09. The van der Waals surface area contributed by atoms with Crippen molar-refractivity contribution in [3.05, 3.63) is 0 Å². The Hall–Kier alpha value is -0.570. The Labute approximate surface area is 55.1 Å². The van der Waals surface area contributed by atoms with Crippen molar-refractivity contribution < 1.29 is 9.90 Å². The summed E-state index contributed by atoms with van der Waals surface area (Å²) in [5, 5.41) is 11.2. The SMILES string of the molecule is CCC(CC(=O)O)NC. The van der Waals surface area contributed by atoms with Crippen LogP contribution in [-0.2, 0) is 4.79 Å². The van der Waals surface area contributed by atoms with Crippen LogP contribution in [0.15, 0.2) is 0 Å². The van der Waals surface area contributed by atoms with Gasteiger partial charge >= 0.3 is 5.97 Å². The van der Waals surface area contributed by atoms with Crippen LogP contribution in [-0.4, -0.2) is 24.2 Å². The smallest absolute Gasteiger partial charge is 0.304 e. The molecule has 0 aliphatic carbocycles. The Morgan fingerprint density at radius 3 is 2.44 bits per heavy atom. The van der Waals surface area contributed by atoms with Gasteiger partial charge in [-0.05, 0) is 13.5 Å². The molecule has 3 nitrogen and oxygen atoms in total. The molecule has 0 radical (unpaired) electrons. The maximum atomic E-state index is 10.1. The number of hydrogen-bond donors (Lipinski definition) is 2. The molecule has 1 atom stereocenters. The molecule has 0 rings (SSSR count). The fourth-order valence-electron chi connectivity index (χ4n) is 0.661. The third-order valence-corrected chi connectivity index (χ3v) is 1.32. The minimum atomic E-state index is -0.740. The minimum Gasteiger partial charge on any atom is -0.481 e. The van der Waals surface area contributed by atoms with Gasteiger partial charge in [0, 0.05) is 6.04 Å². The van der Waals surface area contributed by atoms with Crippen LogP contribution in [0.5, 0.6) is 0 Å². The zero-order valence-corrected chi connectivity index (χ0v) is 5.85. The average molecular weight is 131 g/mol. The molecule has 0 bridgehead atoms. The highest BCUT2D eigenvalue weighted by atomic mass is 16.4. The first-order valence-electron chi connectivity index (χ1n) is 3.09. The molecule has 0 aliphatic heterocycles. The first-order chi connectivity index (χ1) is 4.20. The zero-order chi connectivity index (χ0) is 7.28. The van der Waals surface area contributed by atoms with Gasteiger partial charge in [-0.2, -0.15) is 0 Å². The highest BCUT2D eigenvalue weighted by Crippen LogP contribution is 1.94. The molecule has 54 valence electrons. The topological polar surface area (TPSA) is 49.3 Å². The maximum Gasteiger partial charge on any atom is 0.304 e. The molecule has 0 saturated heterocycles. The van der Waals surface area contributed by atoms with Crippen LogP contribution in [0.4, 0.5) is 0 Å². The molecule has 3 heteroatoms. The summed E-state index contributed by atoms with van der Waals surface area (Å²) in [5.41, 5.74) is 0. The van der Waals surface area contributed by atoms with Crippen molar-refractivity contribution in [1.29, 1.82) is 0 Å². The lowest BCUT2D eigenvalue weighted by molar-refractivity contribution is -0.137. The third kappa shape index (κ3) is 3.97. The van der Waals surface area contributed by atoms with Gasteiger partial charge in [-0.3, -0.25) is 4.79 Å². The van der Waals surface area contributed by atoms with E-state index < -0.39 is 5.97 Å². The molecule has 0 saturated carbocycles. The number of carbonyl (C=O) groups is 1. The summed E-state index contributed by atoms with van der Waals surface area (Å²) in [6, 6.07) is 0.127. The normalized spacial score (nSPS) is 13.1. The van der Waals surface area contributed by atoms with Gasteiger partial charge in [0.1, 0.15) is 0 Å². The molecule has 9 heavy (non-hydrogen) atoms. The molecular formula is C6H13NO2. The number of carboxylic acid groups (broad SMARTS) is 1. The van der Waals surface area contributed by atoms with Gasteiger partial charge in [0.15, 0.2) is 0 Å². The van der Waals surface area contributed by atoms with E-state index in [2.05, 4.69) is 5.32 Å². The monoisotopic (exact) mass is 131 g/mol. The highest BCUT2D eigenvalue weighted by Gasteiger charge is 2.06. The first kappa shape index (κ1) is 8.43. The van der Waals surface area contributed by atoms with E-state index in [1.54, 1.807) is 7.05 Å². The van der Waals surface area contributed by atoms with Gasteiger partial charge in [0.25, 0.3) is 0 Å². The third-order valence-electron chi connectivity index (χ3n) is 1.32. The predicted molar refractivity (Wildman–Crippen MR) is 35.4 cm³/mol. The second-order valence-corrected chi connectivity index (χ2v) is 1.99. The van der Waals surface area contributed by atoms with E-state index in [4.69, 9.17) is 5.11 Å². The molecule has 0 aromatic rings. The lowest BCUT2D eigenvalue weighted by Crippen LogP contribution is -2.26. The molecular weight excluding hydrogens is 118 g/mol. The quantitative estimate of drug-likeness (QED) is 0.582. The van der Waals surface area contributed by atoms with Crippen molar-refractivity contribution >= 4 is 5.97 Å². The van der Waals surface area contributed by atoms with Crippen LogP contribution in [0.1, 0.15) is 19.8 Å². The molecule has 0 amide bonds. The fraction of sp³-hybridized carbons (Fsp3) is 0.833. The number of carboxylic acids is 1. The maximum absolute atomic E-state index is 10.1. The van der Waals surface area contributed by atoms with E-state index in [0.717, 1.165) is 6.42 Å². The zero-order valence-electron chi connectivity index (χ0n) is 5.85. The molecule has 0 aliphatic rings. The number of aliphatic carboxylic acids is 1. The summed E-state index contributed by atoms with van der Waals surface area (Å²) in [4.78, 5) is 10.1. The van der Waals surface area contributed by atoms with Gasteiger partial charge in [-0.1, -0.05) is 6.92 Å². The van der Waals surface area contributed by atoms with E-state index in [1.165, 1.54) is 0 Å². The van der Waals surface area contributed by atoms with Crippen molar-refractivity contribution in [3.63, 3.8) is 0 Å². The van der Waals surface area contributed by atoms with Crippen LogP contribution < -0.4 is 5.32 Å². The van der Waals surface area contributed by atoms with Crippen LogP contribution >= 0.6 is 0 Å².